The van der Waals surface area contributed by atoms with E-state index in [9.17, 15) is 28.3 Å². The fourth-order valence-electron chi connectivity index (χ4n) is 4.48. The molecule has 42 heavy (non-hydrogen) atoms. The van der Waals surface area contributed by atoms with Crippen molar-refractivity contribution >= 4 is 40.4 Å². The largest absolute Gasteiger partial charge is 0.755 e. The van der Waals surface area contributed by atoms with Crippen LogP contribution in [0, 0.1) is 0 Å². The minimum atomic E-state index is -2.88. The van der Waals surface area contributed by atoms with Crippen LogP contribution in [0.3, 0.4) is 0 Å². The molecular formula is C31H28N3O7S-. The summed E-state index contributed by atoms with van der Waals surface area (Å²) in [4.78, 5) is 37.1. The van der Waals surface area contributed by atoms with Crippen molar-refractivity contribution in [2.45, 2.75) is 19.4 Å². The van der Waals surface area contributed by atoms with Crippen LogP contribution in [0.4, 0.5) is 11.4 Å². The Bertz CT molecular complexity index is 1600. The number of carbonyl (C=O) groups excluding carboxylic acids is 2. The van der Waals surface area contributed by atoms with Gasteiger partial charge in [0.05, 0.1) is 30.9 Å². The summed E-state index contributed by atoms with van der Waals surface area (Å²) in [5.74, 6) is -1.86. The summed E-state index contributed by atoms with van der Waals surface area (Å²) >= 11 is -2.88. The third-order valence-corrected chi connectivity index (χ3v) is 7.19. The zero-order chi connectivity index (χ0) is 30.2. The van der Waals surface area contributed by atoms with Crippen LogP contribution in [0.25, 0.3) is 11.1 Å². The van der Waals surface area contributed by atoms with Gasteiger partial charge in [-0.25, -0.2) is 5.01 Å². The highest BCUT2D eigenvalue weighted by atomic mass is 32.2. The SMILES string of the molecule is COc1ccc(-c2cccc(N(NC(=O)c3ccccc3)C(C)=O)c2)cc1N(C(CC(=O)O)c1ccccc1)S(=O)[O-]. The van der Waals surface area contributed by atoms with Crippen molar-refractivity contribution in [1.82, 2.24) is 5.43 Å². The molecule has 11 heteroatoms. The molecule has 2 atom stereocenters. The molecule has 4 rings (SSSR count). The van der Waals surface area contributed by atoms with Crippen LogP contribution in [-0.2, 0) is 20.9 Å². The second kappa shape index (κ2) is 13.6. The maximum Gasteiger partial charge on any atom is 0.305 e. The third-order valence-electron chi connectivity index (χ3n) is 6.41. The Hall–Kier alpha value is -5.00. The van der Waals surface area contributed by atoms with E-state index < -0.39 is 41.5 Å². The third kappa shape index (κ3) is 7.00. The maximum absolute atomic E-state index is 12.8. The van der Waals surface area contributed by atoms with E-state index in [0.717, 1.165) is 9.31 Å². The van der Waals surface area contributed by atoms with Crippen molar-refractivity contribution < 1.29 is 33.0 Å². The minimum Gasteiger partial charge on any atom is -0.755 e. The fourth-order valence-corrected chi connectivity index (χ4v) is 5.18. The van der Waals surface area contributed by atoms with E-state index in [2.05, 4.69) is 5.43 Å². The Balaban J connectivity index is 1.76. The number of carboxylic acids is 1. The number of amides is 2. The van der Waals surface area contributed by atoms with Gasteiger partial charge in [0.15, 0.2) is 0 Å². The van der Waals surface area contributed by atoms with Gasteiger partial charge in [-0.2, -0.15) is 0 Å². The lowest BCUT2D eigenvalue weighted by Crippen LogP contribution is -2.45. The Morgan fingerprint density at radius 1 is 0.905 bits per heavy atom. The molecule has 0 saturated heterocycles. The summed E-state index contributed by atoms with van der Waals surface area (Å²) in [6.45, 7) is 1.32. The molecule has 4 aromatic carbocycles. The van der Waals surface area contributed by atoms with Crippen LogP contribution in [0.2, 0.25) is 0 Å². The number of nitrogens with one attached hydrogen (secondary N) is 1. The summed E-state index contributed by atoms with van der Waals surface area (Å²) in [5, 5.41) is 10.7. The van der Waals surface area contributed by atoms with E-state index in [1.54, 1.807) is 103 Å². The number of methoxy groups -OCH3 is 1. The second-order valence-electron chi connectivity index (χ2n) is 9.17. The van der Waals surface area contributed by atoms with Gasteiger partial charge in [0.2, 0.25) is 5.91 Å². The van der Waals surface area contributed by atoms with Crippen LogP contribution >= 0.6 is 0 Å². The average molecular weight is 587 g/mol. The highest BCUT2D eigenvalue weighted by Gasteiger charge is 2.27. The molecule has 0 spiro atoms. The van der Waals surface area contributed by atoms with Crippen LogP contribution in [-0.4, -0.2) is 38.8 Å². The lowest BCUT2D eigenvalue weighted by atomic mass is 10.0. The number of nitrogens with zero attached hydrogens (tertiary/aromatic N) is 2. The number of carboxylic acid groups (broad SMARTS) is 1. The molecular weight excluding hydrogens is 558 g/mol. The van der Waals surface area contributed by atoms with E-state index in [-0.39, 0.29) is 11.4 Å². The standard InChI is InChI=1S/C31H29N3O7S/c1-21(35)33(32-31(38)23-12-7-4-8-13-23)26-15-9-14-24(18-26)25-16-17-29(41-2)28(19-25)34(42(39)40)27(20-30(36)37)22-10-5-3-6-11-22/h3-19,27H,20H2,1-2H3,(H,32,38)(H,36,37)(H,39,40)/p-1. The summed E-state index contributed by atoms with van der Waals surface area (Å²) in [7, 11) is 1.39. The van der Waals surface area contributed by atoms with E-state index in [0.29, 0.717) is 27.9 Å². The fraction of sp³-hybridized carbons (Fsp3) is 0.129. The van der Waals surface area contributed by atoms with Gasteiger partial charge < -0.3 is 14.4 Å². The molecule has 0 aliphatic carbocycles. The lowest BCUT2D eigenvalue weighted by Gasteiger charge is -2.35. The van der Waals surface area contributed by atoms with Crippen molar-refractivity contribution in [3.8, 4) is 16.9 Å². The Morgan fingerprint density at radius 2 is 1.55 bits per heavy atom. The smallest absolute Gasteiger partial charge is 0.305 e. The maximum atomic E-state index is 12.8. The molecule has 0 aromatic heterocycles. The number of anilines is 2. The van der Waals surface area contributed by atoms with Crippen molar-refractivity contribution in [3.63, 3.8) is 0 Å². The molecule has 0 aliphatic rings. The van der Waals surface area contributed by atoms with Crippen LogP contribution in [0.15, 0.2) is 103 Å². The van der Waals surface area contributed by atoms with Gasteiger partial charge in [0.25, 0.3) is 5.91 Å². The molecule has 2 unspecified atom stereocenters. The number of hydrazine groups is 1. The molecule has 216 valence electrons. The van der Waals surface area contributed by atoms with Gasteiger partial charge in [-0.05, 0) is 53.1 Å². The normalized spacial score (nSPS) is 12.1. The van der Waals surface area contributed by atoms with Gasteiger partial charge in [0.1, 0.15) is 5.75 Å². The minimum absolute atomic E-state index is 0.129. The monoisotopic (exact) mass is 586 g/mol. The summed E-state index contributed by atoms with van der Waals surface area (Å²) in [5.41, 5.74) is 5.15. The Kier molecular flexibility index (Phi) is 9.69. The molecule has 0 bridgehead atoms. The zero-order valence-corrected chi connectivity index (χ0v) is 23.6. The summed E-state index contributed by atoms with van der Waals surface area (Å²) in [6.07, 6.45) is -0.491. The Labute approximate surface area is 245 Å². The second-order valence-corrected chi connectivity index (χ2v) is 9.99. The molecule has 0 saturated carbocycles. The van der Waals surface area contributed by atoms with Gasteiger partial charge in [-0.3, -0.25) is 28.3 Å². The van der Waals surface area contributed by atoms with E-state index >= 15 is 0 Å². The molecule has 0 aliphatic heterocycles. The zero-order valence-electron chi connectivity index (χ0n) is 22.8. The molecule has 2 N–H and O–H groups in total. The molecule has 2 amide bonds. The number of rotatable bonds is 10. The van der Waals surface area contributed by atoms with Crippen molar-refractivity contribution in [1.29, 1.82) is 0 Å². The predicted molar refractivity (Wildman–Crippen MR) is 158 cm³/mol. The van der Waals surface area contributed by atoms with Gasteiger partial charge >= 0.3 is 5.97 Å². The number of carbonyl (C=O) groups is 3. The topological polar surface area (TPSA) is 139 Å². The van der Waals surface area contributed by atoms with Gasteiger partial charge in [-0.1, -0.05) is 66.7 Å². The molecule has 10 nitrogen and oxygen atoms in total. The molecule has 0 heterocycles. The quantitative estimate of drug-likeness (QED) is 0.200. The van der Waals surface area contributed by atoms with Crippen LogP contribution in [0.1, 0.15) is 35.3 Å². The lowest BCUT2D eigenvalue weighted by molar-refractivity contribution is -0.137. The first-order valence-electron chi connectivity index (χ1n) is 12.8. The first-order chi connectivity index (χ1) is 20.2. The van der Waals surface area contributed by atoms with Gasteiger partial charge in [0, 0.05) is 23.8 Å². The summed E-state index contributed by atoms with van der Waals surface area (Å²) < 4.78 is 31.7. The van der Waals surface area contributed by atoms with Gasteiger partial charge in [-0.15, -0.1) is 0 Å². The molecule has 0 radical (unpaired) electrons. The van der Waals surface area contributed by atoms with E-state index in [4.69, 9.17) is 4.74 Å². The van der Waals surface area contributed by atoms with E-state index in [1.807, 2.05) is 0 Å². The number of hydrogen-bond donors (Lipinski definition) is 2. The number of hydrogen-bond acceptors (Lipinski definition) is 6. The van der Waals surface area contributed by atoms with Crippen LogP contribution < -0.4 is 19.5 Å². The average Bonchev–Trinajstić information content (AvgIpc) is 2.99. The number of ether oxygens (including phenoxy) is 1. The highest BCUT2D eigenvalue weighted by molar-refractivity contribution is 7.80. The molecule has 4 aromatic rings. The number of benzene rings is 4. The summed E-state index contributed by atoms with van der Waals surface area (Å²) in [6, 6.07) is 27.5. The first kappa shape index (κ1) is 30.0. The first-order valence-corrected chi connectivity index (χ1v) is 13.8. The van der Waals surface area contributed by atoms with E-state index in [1.165, 1.54) is 14.0 Å². The highest BCUT2D eigenvalue weighted by Crippen LogP contribution is 2.40. The van der Waals surface area contributed by atoms with Crippen molar-refractivity contribution in [2.24, 2.45) is 0 Å². The van der Waals surface area contributed by atoms with Crippen molar-refractivity contribution in [3.05, 3.63) is 114 Å². The Morgan fingerprint density at radius 3 is 2.14 bits per heavy atom. The molecule has 0 fully saturated rings. The van der Waals surface area contributed by atoms with Crippen LogP contribution in [0.5, 0.6) is 5.75 Å². The van der Waals surface area contributed by atoms with Crippen molar-refractivity contribution in [2.75, 3.05) is 16.4 Å². The number of aliphatic carboxylic acids is 1. The predicted octanol–water partition coefficient (Wildman–Crippen LogP) is 4.88.